The van der Waals surface area contributed by atoms with Crippen LogP contribution in [-0.2, 0) is 10.0 Å². The molecule has 1 aromatic heterocycles. The fourth-order valence-corrected chi connectivity index (χ4v) is 3.65. The molecule has 0 fully saturated rings. The van der Waals surface area contributed by atoms with Gasteiger partial charge >= 0.3 is 0 Å². The number of hydrogen-bond donors (Lipinski definition) is 2. The minimum absolute atomic E-state index is 0.165. The molecule has 0 unspecified atom stereocenters. The van der Waals surface area contributed by atoms with Gasteiger partial charge in [0.1, 0.15) is 10.7 Å². The fourth-order valence-electron chi connectivity index (χ4n) is 1.72. The molecule has 0 aliphatic heterocycles. The lowest BCUT2D eigenvalue weighted by Crippen LogP contribution is -2.14. The van der Waals surface area contributed by atoms with Crippen molar-refractivity contribution in [2.45, 2.75) is 11.8 Å². The van der Waals surface area contributed by atoms with Crippen molar-refractivity contribution >= 4 is 37.9 Å². The lowest BCUT2D eigenvalue weighted by atomic mass is 10.2. The van der Waals surface area contributed by atoms with Gasteiger partial charge in [0.2, 0.25) is 0 Å². The molecule has 0 saturated carbocycles. The van der Waals surface area contributed by atoms with Crippen molar-refractivity contribution in [1.82, 2.24) is 9.59 Å². The highest BCUT2D eigenvalue weighted by atomic mass is 32.2. The van der Waals surface area contributed by atoms with Crippen molar-refractivity contribution in [3.8, 4) is 0 Å². The molecule has 0 radical (unpaired) electrons. The Bertz CT molecular complexity index is 773. The van der Waals surface area contributed by atoms with Crippen LogP contribution in [0, 0.1) is 17.0 Å². The standard InChI is InChI=1S/C10H11N5O4S2/c1-6-3-7(11-2)8(15(16)17)4-9(6)21(18,19)13-10-5-12-14-20-10/h3-5,11,13H,1-2H3. The SMILES string of the molecule is CNc1cc(C)c(S(=O)(=O)Nc2cnns2)cc1[N+](=O)[O-]. The van der Waals surface area contributed by atoms with Crippen LogP contribution < -0.4 is 10.0 Å². The van der Waals surface area contributed by atoms with Crippen LogP contribution in [0.5, 0.6) is 0 Å². The zero-order chi connectivity index (χ0) is 15.6. The van der Waals surface area contributed by atoms with Gasteiger partial charge in [0.15, 0.2) is 0 Å². The maximum absolute atomic E-state index is 12.3. The summed E-state index contributed by atoms with van der Waals surface area (Å²) in [7, 11) is -2.42. The molecule has 2 N–H and O–H groups in total. The molecule has 112 valence electrons. The van der Waals surface area contributed by atoms with Crippen LogP contribution in [0.4, 0.5) is 16.4 Å². The Labute approximate surface area is 124 Å². The minimum atomic E-state index is -3.95. The van der Waals surface area contributed by atoms with E-state index in [1.165, 1.54) is 19.3 Å². The number of hydrogen-bond acceptors (Lipinski definition) is 8. The zero-order valence-electron chi connectivity index (χ0n) is 11.0. The summed E-state index contributed by atoms with van der Waals surface area (Å²) in [6.07, 6.45) is 1.26. The van der Waals surface area contributed by atoms with E-state index in [0.29, 0.717) is 5.56 Å². The van der Waals surface area contributed by atoms with Crippen molar-refractivity contribution in [2.24, 2.45) is 0 Å². The first-order valence-electron chi connectivity index (χ1n) is 5.62. The molecule has 0 amide bonds. The molecule has 1 aromatic carbocycles. The molecule has 11 heteroatoms. The summed E-state index contributed by atoms with van der Waals surface area (Å²) in [6.45, 7) is 1.56. The average Bonchev–Trinajstić information content (AvgIpc) is 2.89. The molecule has 0 atom stereocenters. The summed E-state index contributed by atoms with van der Waals surface area (Å²) in [5, 5.41) is 17.4. The van der Waals surface area contributed by atoms with Crippen LogP contribution in [0.25, 0.3) is 0 Å². The van der Waals surface area contributed by atoms with Gasteiger partial charge in [-0.2, -0.15) is 0 Å². The Kier molecular flexibility index (Phi) is 4.04. The van der Waals surface area contributed by atoms with E-state index < -0.39 is 14.9 Å². The van der Waals surface area contributed by atoms with Gasteiger partial charge < -0.3 is 5.32 Å². The van der Waals surface area contributed by atoms with Gasteiger partial charge in [0.25, 0.3) is 15.7 Å². The predicted molar refractivity (Wildman–Crippen MR) is 78.1 cm³/mol. The van der Waals surface area contributed by atoms with Crippen LogP contribution in [0.1, 0.15) is 5.56 Å². The number of anilines is 2. The molecule has 2 rings (SSSR count). The molecular formula is C10H11N5O4S2. The Morgan fingerprint density at radius 1 is 1.38 bits per heavy atom. The second-order valence-electron chi connectivity index (χ2n) is 4.03. The predicted octanol–water partition coefficient (Wildman–Crippen LogP) is 1.60. The van der Waals surface area contributed by atoms with Crippen molar-refractivity contribution in [3.05, 3.63) is 34.0 Å². The number of nitrogens with zero attached hydrogens (tertiary/aromatic N) is 3. The Balaban J connectivity index is 2.52. The maximum atomic E-state index is 12.3. The van der Waals surface area contributed by atoms with E-state index in [2.05, 4.69) is 19.6 Å². The van der Waals surface area contributed by atoms with Crippen LogP contribution in [0.15, 0.2) is 23.2 Å². The van der Waals surface area contributed by atoms with E-state index in [-0.39, 0.29) is 21.3 Å². The number of aryl methyl sites for hydroxylation is 1. The Hall–Kier alpha value is -2.27. The highest BCUT2D eigenvalue weighted by Crippen LogP contribution is 2.31. The molecule has 0 saturated heterocycles. The van der Waals surface area contributed by atoms with Gasteiger partial charge in [-0.05, 0) is 18.6 Å². The highest BCUT2D eigenvalue weighted by Gasteiger charge is 2.24. The summed E-state index contributed by atoms with van der Waals surface area (Å²) in [5.74, 6) is 0. The van der Waals surface area contributed by atoms with Crippen LogP contribution in [-0.4, -0.2) is 30.0 Å². The van der Waals surface area contributed by atoms with Crippen molar-refractivity contribution in [1.29, 1.82) is 0 Å². The normalized spacial score (nSPS) is 11.1. The summed E-state index contributed by atoms with van der Waals surface area (Å²) in [5.41, 5.74) is 0.316. The molecule has 0 aliphatic carbocycles. The molecule has 0 aliphatic rings. The minimum Gasteiger partial charge on any atom is -0.383 e. The molecule has 1 heterocycles. The molecule has 0 spiro atoms. The number of rotatable bonds is 5. The summed E-state index contributed by atoms with van der Waals surface area (Å²) < 4.78 is 30.4. The number of nitrogens with one attached hydrogen (secondary N) is 2. The first-order chi connectivity index (χ1) is 9.85. The van der Waals surface area contributed by atoms with Gasteiger partial charge in [0.05, 0.1) is 16.0 Å². The smallest absolute Gasteiger partial charge is 0.293 e. The fraction of sp³-hybridized carbons (Fsp3) is 0.200. The van der Waals surface area contributed by atoms with Crippen molar-refractivity contribution in [2.75, 3.05) is 17.1 Å². The lowest BCUT2D eigenvalue weighted by Gasteiger charge is -2.10. The molecule has 0 bridgehead atoms. The third-order valence-corrected chi connectivity index (χ3v) is 4.86. The largest absolute Gasteiger partial charge is 0.383 e. The average molecular weight is 329 g/mol. The van der Waals surface area contributed by atoms with Crippen molar-refractivity contribution < 1.29 is 13.3 Å². The molecular weight excluding hydrogens is 318 g/mol. The Morgan fingerprint density at radius 2 is 2.10 bits per heavy atom. The van der Waals surface area contributed by atoms with E-state index in [9.17, 15) is 18.5 Å². The third-order valence-electron chi connectivity index (χ3n) is 2.65. The summed E-state index contributed by atoms with van der Waals surface area (Å²) >= 11 is 0.871. The van der Waals surface area contributed by atoms with E-state index >= 15 is 0 Å². The second kappa shape index (κ2) is 5.61. The molecule has 9 nitrogen and oxygen atoms in total. The van der Waals surface area contributed by atoms with Gasteiger partial charge in [-0.25, -0.2) is 8.42 Å². The van der Waals surface area contributed by atoms with Crippen molar-refractivity contribution in [3.63, 3.8) is 0 Å². The first-order valence-corrected chi connectivity index (χ1v) is 7.88. The quantitative estimate of drug-likeness (QED) is 0.630. The number of aromatic nitrogens is 2. The topological polar surface area (TPSA) is 127 Å². The molecule has 2 aromatic rings. The number of nitro groups is 1. The third kappa shape index (κ3) is 3.08. The van der Waals surface area contributed by atoms with Crippen LogP contribution >= 0.6 is 11.5 Å². The van der Waals surface area contributed by atoms with E-state index in [4.69, 9.17) is 0 Å². The Morgan fingerprint density at radius 3 is 2.62 bits per heavy atom. The van der Waals surface area contributed by atoms with E-state index in [1.807, 2.05) is 0 Å². The first kappa shape index (κ1) is 15.1. The summed E-state index contributed by atoms with van der Waals surface area (Å²) in [4.78, 5) is 10.2. The highest BCUT2D eigenvalue weighted by molar-refractivity contribution is 7.93. The number of nitro benzene ring substituents is 1. The zero-order valence-corrected chi connectivity index (χ0v) is 12.7. The molecule has 21 heavy (non-hydrogen) atoms. The maximum Gasteiger partial charge on any atom is 0.293 e. The van der Waals surface area contributed by atoms with Gasteiger partial charge in [0, 0.05) is 24.6 Å². The second-order valence-corrected chi connectivity index (χ2v) is 6.47. The lowest BCUT2D eigenvalue weighted by molar-refractivity contribution is -0.384. The van der Waals surface area contributed by atoms with Gasteiger partial charge in [-0.3, -0.25) is 14.8 Å². The van der Waals surface area contributed by atoms with Gasteiger partial charge in [-0.15, -0.1) is 5.10 Å². The van der Waals surface area contributed by atoms with Crippen LogP contribution in [0.2, 0.25) is 0 Å². The van der Waals surface area contributed by atoms with Gasteiger partial charge in [-0.1, -0.05) is 4.49 Å². The number of benzene rings is 1. The van der Waals surface area contributed by atoms with E-state index in [1.54, 1.807) is 6.92 Å². The van der Waals surface area contributed by atoms with E-state index in [0.717, 1.165) is 17.6 Å². The summed E-state index contributed by atoms with van der Waals surface area (Å²) in [6, 6.07) is 2.44. The number of sulfonamides is 1. The van der Waals surface area contributed by atoms with Crippen LogP contribution in [0.3, 0.4) is 0 Å². The monoisotopic (exact) mass is 329 g/mol.